The molecule has 2 aliphatic heterocycles. The van der Waals surface area contributed by atoms with Gasteiger partial charge in [-0.25, -0.2) is 0 Å². The first kappa shape index (κ1) is 20.6. The van der Waals surface area contributed by atoms with Crippen LogP contribution >= 0.6 is 0 Å². The predicted octanol–water partition coefficient (Wildman–Crippen LogP) is 2.13. The molecule has 0 radical (unpaired) electrons. The zero-order valence-electron chi connectivity index (χ0n) is 17.6. The van der Waals surface area contributed by atoms with Crippen LogP contribution in [-0.2, 0) is 16.1 Å². The number of fused-ring (bicyclic) bond motifs is 1. The lowest BCUT2D eigenvalue weighted by Gasteiger charge is -2.27. The summed E-state index contributed by atoms with van der Waals surface area (Å²) in [4.78, 5) is 16.6. The van der Waals surface area contributed by atoms with Crippen LogP contribution in [0.1, 0.15) is 31.2 Å². The number of ether oxygens (including phenoxy) is 2. The molecule has 160 valence electrons. The minimum Gasteiger partial charge on any atom is -0.493 e. The first-order chi connectivity index (χ1) is 14.2. The lowest BCUT2D eigenvalue weighted by atomic mass is 9.89. The fourth-order valence-corrected chi connectivity index (χ4v) is 5.06. The van der Waals surface area contributed by atoms with Gasteiger partial charge < -0.3 is 14.8 Å². The number of hydrogen-bond acceptors (Lipinski definition) is 5. The molecule has 6 heteroatoms. The molecule has 1 aromatic carbocycles. The Labute approximate surface area is 174 Å². The maximum Gasteiger partial charge on any atom is 0.220 e. The Morgan fingerprint density at radius 3 is 2.86 bits per heavy atom. The Kier molecular flexibility index (Phi) is 7.06. The Morgan fingerprint density at radius 1 is 1.21 bits per heavy atom. The van der Waals surface area contributed by atoms with Crippen LogP contribution in [0.3, 0.4) is 0 Å². The van der Waals surface area contributed by atoms with Crippen molar-refractivity contribution in [1.82, 2.24) is 15.1 Å². The number of carbonyl (C=O) groups is 1. The van der Waals surface area contributed by atoms with Gasteiger partial charge in [-0.2, -0.15) is 0 Å². The van der Waals surface area contributed by atoms with Crippen LogP contribution in [0, 0.1) is 11.8 Å². The minimum absolute atomic E-state index is 0.227. The average Bonchev–Trinajstić information content (AvgIpc) is 3.16. The standard InChI is InChI=1S/C23H35N3O3/c1-25(21-13-19-15-23(27)24-16-20(19)14-21)17-18-5-2-3-6-22(18)29-10-4-7-26-8-11-28-12-9-26/h2-3,5-6,19-21H,4,7-17H2,1H3,(H,24,27)/t19-,20+,21-/m0/s1. The normalized spacial score (nSPS) is 27.7. The van der Waals surface area contributed by atoms with Gasteiger partial charge in [0.25, 0.3) is 0 Å². The van der Waals surface area contributed by atoms with Crippen molar-refractivity contribution < 1.29 is 14.3 Å². The van der Waals surface area contributed by atoms with Crippen molar-refractivity contribution >= 4 is 5.91 Å². The van der Waals surface area contributed by atoms with Gasteiger partial charge in [-0.3, -0.25) is 14.6 Å². The molecule has 3 aliphatic rings. The van der Waals surface area contributed by atoms with Crippen LogP contribution < -0.4 is 10.1 Å². The molecule has 1 amide bonds. The van der Waals surface area contributed by atoms with Crippen molar-refractivity contribution in [2.45, 2.75) is 38.3 Å². The number of nitrogens with one attached hydrogen (secondary N) is 1. The van der Waals surface area contributed by atoms with Crippen molar-refractivity contribution in [1.29, 1.82) is 0 Å². The fraction of sp³-hybridized carbons (Fsp3) is 0.696. The number of amides is 1. The molecule has 2 saturated heterocycles. The largest absolute Gasteiger partial charge is 0.493 e. The van der Waals surface area contributed by atoms with E-state index in [0.717, 1.165) is 71.1 Å². The molecular weight excluding hydrogens is 366 g/mol. The summed E-state index contributed by atoms with van der Waals surface area (Å²) in [5, 5.41) is 3.04. The maximum atomic E-state index is 11.7. The molecule has 3 atom stereocenters. The fourth-order valence-electron chi connectivity index (χ4n) is 5.06. The second-order valence-electron chi connectivity index (χ2n) is 8.83. The van der Waals surface area contributed by atoms with Crippen LogP contribution in [0.15, 0.2) is 24.3 Å². The van der Waals surface area contributed by atoms with Gasteiger partial charge in [-0.05, 0) is 44.2 Å². The Hall–Kier alpha value is -1.63. The highest BCUT2D eigenvalue weighted by molar-refractivity contribution is 5.77. The molecule has 1 saturated carbocycles. The lowest BCUT2D eigenvalue weighted by Crippen LogP contribution is -2.38. The topological polar surface area (TPSA) is 54.0 Å². The Bertz CT molecular complexity index is 677. The average molecular weight is 402 g/mol. The lowest BCUT2D eigenvalue weighted by molar-refractivity contribution is -0.124. The number of morpholine rings is 1. The van der Waals surface area contributed by atoms with Crippen molar-refractivity contribution in [3.8, 4) is 5.75 Å². The van der Waals surface area contributed by atoms with Gasteiger partial charge in [0.15, 0.2) is 0 Å². The van der Waals surface area contributed by atoms with Crippen LogP contribution in [0.5, 0.6) is 5.75 Å². The highest BCUT2D eigenvalue weighted by Crippen LogP contribution is 2.38. The summed E-state index contributed by atoms with van der Waals surface area (Å²) in [7, 11) is 2.21. The summed E-state index contributed by atoms with van der Waals surface area (Å²) in [5.41, 5.74) is 1.26. The van der Waals surface area contributed by atoms with Gasteiger partial charge in [0.1, 0.15) is 5.75 Å². The second kappa shape index (κ2) is 9.92. The second-order valence-corrected chi connectivity index (χ2v) is 8.83. The number of carbonyl (C=O) groups excluding carboxylic acids is 1. The Balaban J connectivity index is 1.26. The molecule has 3 fully saturated rings. The number of para-hydroxylation sites is 1. The highest BCUT2D eigenvalue weighted by Gasteiger charge is 2.39. The van der Waals surface area contributed by atoms with Gasteiger partial charge in [0, 0.05) is 50.7 Å². The van der Waals surface area contributed by atoms with E-state index in [-0.39, 0.29) is 5.91 Å². The molecule has 6 nitrogen and oxygen atoms in total. The number of nitrogens with zero attached hydrogens (tertiary/aromatic N) is 2. The van der Waals surface area contributed by atoms with Crippen LogP contribution in [-0.4, -0.2) is 74.8 Å². The molecule has 0 unspecified atom stereocenters. The summed E-state index contributed by atoms with van der Waals surface area (Å²) in [6.07, 6.45) is 4.07. The molecule has 0 bridgehead atoms. The number of piperidine rings is 1. The van der Waals surface area contributed by atoms with Gasteiger partial charge in [0.05, 0.1) is 19.8 Å². The minimum atomic E-state index is 0.227. The summed E-state index contributed by atoms with van der Waals surface area (Å²) in [6, 6.07) is 8.98. The third kappa shape index (κ3) is 5.50. The van der Waals surface area contributed by atoms with Gasteiger partial charge in [-0.15, -0.1) is 0 Å². The summed E-state index contributed by atoms with van der Waals surface area (Å²) < 4.78 is 11.6. The molecule has 1 aromatic rings. The first-order valence-corrected chi connectivity index (χ1v) is 11.2. The molecule has 29 heavy (non-hydrogen) atoms. The van der Waals surface area contributed by atoms with Crippen molar-refractivity contribution in [3.63, 3.8) is 0 Å². The Morgan fingerprint density at radius 2 is 2.00 bits per heavy atom. The number of benzene rings is 1. The monoisotopic (exact) mass is 401 g/mol. The van der Waals surface area contributed by atoms with E-state index in [1.165, 1.54) is 12.0 Å². The number of hydrogen-bond donors (Lipinski definition) is 1. The van der Waals surface area contributed by atoms with E-state index in [4.69, 9.17) is 9.47 Å². The van der Waals surface area contributed by atoms with Gasteiger partial charge in [0.2, 0.25) is 5.91 Å². The van der Waals surface area contributed by atoms with Crippen LogP contribution in [0.25, 0.3) is 0 Å². The van der Waals surface area contributed by atoms with E-state index in [0.29, 0.717) is 24.3 Å². The van der Waals surface area contributed by atoms with E-state index in [1.54, 1.807) is 0 Å². The van der Waals surface area contributed by atoms with E-state index >= 15 is 0 Å². The third-order valence-corrected chi connectivity index (χ3v) is 6.82. The molecule has 1 N–H and O–H groups in total. The van der Waals surface area contributed by atoms with Crippen molar-refractivity contribution in [2.24, 2.45) is 11.8 Å². The first-order valence-electron chi connectivity index (χ1n) is 11.2. The van der Waals surface area contributed by atoms with Crippen LogP contribution in [0.4, 0.5) is 0 Å². The van der Waals surface area contributed by atoms with Crippen LogP contribution in [0.2, 0.25) is 0 Å². The molecule has 1 aliphatic carbocycles. The summed E-state index contributed by atoms with van der Waals surface area (Å²) in [6.45, 7) is 7.34. The van der Waals surface area contributed by atoms with E-state index in [1.807, 2.05) is 0 Å². The zero-order chi connectivity index (χ0) is 20.1. The van der Waals surface area contributed by atoms with E-state index in [2.05, 4.69) is 46.4 Å². The van der Waals surface area contributed by atoms with Crippen molar-refractivity contribution in [3.05, 3.63) is 29.8 Å². The van der Waals surface area contributed by atoms with E-state index in [9.17, 15) is 4.79 Å². The molecule has 0 spiro atoms. The van der Waals surface area contributed by atoms with Gasteiger partial charge >= 0.3 is 0 Å². The zero-order valence-corrected chi connectivity index (χ0v) is 17.6. The number of rotatable bonds is 8. The smallest absolute Gasteiger partial charge is 0.220 e. The third-order valence-electron chi connectivity index (χ3n) is 6.82. The molecule has 0 aromatic heterocycles. The molecule has 2 heterocycles. The summed E-state index contributed by atoms with van der Waals surface area (Å²) in [5.74, 6) is 2.44. The highest BCUT2D eigenvalue weighted by atomic mass is 16.5. The SMILES string of the molecule is CN(Cc1ccccc1OCCCN1CCOCC1)[C@H]1C[C@H]2CC(=O)NC[C@H]2C1. The quantitative estimate of drug-likeness (QED) is 0.677. The maximum absolute atomic E-state index is 11.7. The van der Waals surface area contributed by atoms with Crippen molar-refractivity contribution in [2.75, 3.05) is 53.0 Å². The predicted molar refractivity (Wildman–Crippen MR) is 113 cm³/mol. The van der Waals surface area contributed by atoms with Gasteiger partial charge in [-0.1, -0.05) is 18.2 Å². The van der Waals surface area contributed by atoms with E-state index < -0.39 is 0 Å². The molecule has 4 rings (SSSR count). The summed E-state index contributed by atoms with van der Waals surface area (Å²) >= 11 is 0. The molecular formula is C23H35N3O3.